The summed E-state index contributed by atoms with van der Waals surface area (Å²) >= 11 is 8.95. The molecule has 5 aromatic rings. The zero-order valence-electron chi connectivity index (χ0n) is 28.3. The minimum absolute atomic E-state index is 0.0874. The van der Waals surface area contributed by atoms with Gasteiger partial charge in [0.2, 0.25) is 5.13 Å². The van der Waals surface area contributed by atoms with Crippen LogP contribution in [0.15, 0.2) is 101 Å². The highest BCUT2D eigenvalue weighted by Gasteiger charge is 2.48. The Balaban J connectivity index is 1.34. The number of anilines is 1. The van der Waals surface area contributed by atoms with Gasteiger partial charge in [0.25, 0.3) is 5.78 Å². The van der Waals surface area contributed by atoms with E-state index in [1.807, 2.05) is 49.4 Å². The highest BCUT2D eigenvalue weighted by Crippen LogP contribution is 2.46. The number of aliphatic hydroxyl groups is 1. The first-order valence-electron chi connectivity index (χ1n) is 16.4. The van der Waals surface area contributed by atoms with E-state index in [2.05, 4.69) is 23.2 Å². The molecule has 1 amide bonds. The Labute approximate surface area is 309 Å². The van der Waals surface area contributed by atoms with E-state index in [0.29, 0.717) is 56.7 Å². The molecule has 1 fully saturated rings. The largest absolute Gasteiger partial charge is 0.507 e. The van der Waals surface area contributed by atoms with Crippen molar-refractivity contribution in [1.82, 2.24) is 10.2 Å². The van der Waals surface area contributed by atoms with Crippen molar-refractivity contribution in [2.45, 2.75) is 49.4 Å². The molecule has 0 radical (unpaired) electrons. The van der Waals surface area contributed by atoms with Crippen LogP contribution in [0.1, 0.15) is 53.6 Å². The van der Waals surface area contributed by atoms with Crippen LogP contribution in [0, 0.1) is 6.92 Å². The number of halogens is 1. The quantitative estimate of drug-likeness (QED) is 0.0297. The van der Waals surface area contributed by atoms with Gasteiger partial charge in [-0.25, -0.2) is 0 Å². The molecule has 1 aliphatic heterocycles. The number of rotatable bonds is 14. The van der Waals surface area contributed by atoms with Crippen molar-refractivity contribution in [2.24, 2.45) is 0 Å². The van der Waals surface area contributed by atoms with Crippen molar-refractivity contribution in [2.75, 3.05) is 18.6 Å². The second kappa shape index (κ2) is 16.5. The molecule has 0 bridgehead atoms. The van der Waals surface area contributed by atoms with E-state index in [9.17, 15) is 14.7 Å². The van der Waals surface area contributed by atoms with E-state index in [1.165, 1.54) is 35.1 Å². The lowest BCUT2D eigenvalue weighted by Gasteiger charge is -2.23. The van der Waals surface area contributed by atoms with Crippen LogP contribution in [-0.4, -0.2) is 40.7 Å². The summed E-state index contributed by atoms with van der Waals surface area (Å²) < 4.78 is 18.2. The summed E-state index contributed by atoms with van der Waals surface area (Å²) in [6.45, 7) is 4.98. The Morgan fingerprint density at radius 1 is 0.961 bits per heavy atom. The average Bonchev–Trinajstić information content (AvgIpc) is 3.71. The van der Waals surface area contributed by atoms with Crippen LogP contribution < -0.4 is 19.1 Å². The molecule has 2 heterocycles. The zero-order valence-corrected chi connectivity index (χ0v) is 30.7. The van der Waals surface area contributed by atoms with Crippen molar-refractivity contribution in [1.29, 1.82) is 0 Å². The first-order valence-corrected chi connectivity index (χ1v) is 18.6. The molecule has 4 aromatic carbocycles. The number of carbonyl (C=O) groups is 2. The van der Waals surface area contributed by atoms with Crippen LogP contribution in [0.25, 0.3) is 5.76 Å². The van der Waals surface area contributed by atoms with Crippen LogP contribution in [0.3, 0.4) is 0 Å². The molecule has 0 aliphatic carbocycles. The fourth-order valence-corrected chi connectivity index (χ4v) is 7.74. The van der Waals surface area contributed by atoms with Crippen LogP contribution >= 0.6 is 34.7 Å². The molecule has 51 heavy (non-hydrogen) atoms. The molecule has 0 spiro atoms. The number of benzene rings is 4. The lowest BCUT2D eigenvalue weighted by molar-refractivity contribution is -0.132. The molecule has 1 atom stereocenters. The van der Waals surface area contributed by atoms with E-state index in [1.54, 1.807) is 42.5 Å². The van der Waals surface area contributed by atoms with Gasteiger partial charge in [-0.3, -0.25) is 14.5 Å². The minimum atomic E-state index is -1.03. The van der Waals surface area contributed by atoms with Gasteiger partial charge >= 0.3 is 5.91 Å². The van der Waals surface area contributed by atoms with Gasteiger partial charge < -0.3 is 19.3 Å². The van der Waals surface area contributed by atoms with Gasteiger partial charge in [-0.2, -0.15) is 0 Å². The van der Waals surface area contributed by atoms with Crippen molar-refractivity contribution in [3.8, 4) is 17.2 Å². The Morgan fingerprint density at radius 2 is 1.76 bits per heavy atom. The topological polar surface area (TPSA) is 111 Å². The monoisotopic (exact) mass is 741 g/mol. The average molecular weight is 742 g/mol. The number of aromatic nitrogens is 2. The molecular weight excluding hydrogens is 706 g/mol. The second-order valence-corrected chi connectivity index (χ2v) is 14.4. The van der Waals surface area contributed by atoms with E-state index < -0.39 is 17.7 Å². The maximum absolute atomic E-state index is 13.8. The summed E-state index contributed by atoms with van der Waals surface area (Å²) in [5.41, 5.74) is 3.88. The Morgan fingerprint density at radius 3 is 2.51 bits per heavy atom. The van der Waals surface area contributed by atoms with Gasteiger partial charge in [-0.1, -0.05) is 102 Å². The Bertz CT molecular complexity index is 2070. The molecule has 9 nitrogen and oxygen atoms in total. The van der Waals surface area contributed by atoms with E-state index in [-0.39, 0.29) is 16.5 Å². The van der Waals surface area contributed by atoms with Gasteiger partial charge in [-0.15, -0.1) is 10.2 Å². The number of aliphatic hydroxyl groups excluding tert-OH is 1. The number of aryl methyl sites for hydroxylation is 1. The zero-order chi connectivity index (χ0) is 35.9. The summed E-state index contributed by atoms with van der Waals surface area (Å²) in [7, 11) is 1.53. The molecule has 6 rings (SSSR count). The number of ether oxygens (including phenoxy) is 3. The Hall–Kier alpha value is -4.84. The maximum atomic E-state index is 13.8. The van der Waals surface area contributed by atoms with Crippen LogP contribution in [0.2, 0.25) is 5.02 Å². The Kier molecular flexibility index (Phi) is 11.6. The van der Waals surface area contributed by atoms with E-state index >= 15 is 0 Å². The molecule has 1 N–H and O–H groups in total. The smallest absolute Gasteiger partial charge is 0.301 e. The molecule has 1 unspecified atom stereocenters. The van der Waals surface area contributed by atoms with Gasteiger partial charge in [0.05, 0.1) is 25.3 Å². The van der Waals surface area contributed by atoms with E-state index in [0.717, 1.165) is 29.5 Å². The highest BCUT2D eigenvalue weighted by atomic mass is 35.5. The number of nitrogens with zero attached hydrogens (tertiary/aromatic N) is 3. The van der Waals surface area contributed by atoms with Crippen molar-refractivity contribution < 1.29 is 28.9 Å². The standard InChI is InChI=1S/C39H36ClN3O6S2/c1-4-5-19-48-31-18-15-27(21-32(31)47-3)34-33(35(44)26-13-16-29(17-14-26)49-22-25-10-8-9-24(2)20-25)36(45)37(46)43(34)38-41-42-39(51-38)50-23-28-11-6-7-12-30(28)40/h6-18,20-21,34,44H,4-5,19,22-23H2,1-3H3. The van der Waals surface area contributed by atoms with Gasteiger partial charge in [0, 0.05) is 16.3 Å². The molecule has 12 heteroatoms. The third-order valence-electron chi connectivity index (χ3n) is 8.23. The number of hydrogen-bond donors (Lipinski definition) is 1. The normalized spacial score (nSPS) is 15.3. The number of thioether (sulfide) groups is 1. The summed E-state index contributed by atoms with van der Waals surface area (Å²) in [4.78, 5) is 29.0. The summed E-state index contributed by atoms with van der Waals surface area (Å²) in [6, 6.07) is 26.5. The minimum Gasteiger partial charge on any atom is -0.507 e. The van der Waals surface area contributed by atoms with Gasteiger partial charge in [0.1, 0.15) is 18.1 Å². The third kappa shape index (κ3) is 8.22. The maximum Gasteiger partial charge on any atom is 0.301 e. The third-order valence-corrected chi connectivity index (χ3v) is 10.7. The molecule has 1 aromatic heterocycles. The SMILES string of the molecule is CCCCOc1ccc(C2C(=C(O)c3ccc(OCc4cccc(C)c4)cc3)C(=O)C(=O)N2c2nnc(SCc3ccccc3Cl)s2)cc1OC. The molecule has 262 valence electrons. The van der Waals surface area contributed by atoms with Gasteiger partial charge in [-0.05, 0) is 72.5 Å². The number of Topliss-reactive ketones (excluding diaryl/α,β-unsaturated/α-hetero) is 1. The highest BCUT2D eigenvalue weighted by molar-refractivity contribution is 8.00. The summed E-state index contributed by atoms with van der Waals surface area (Å²) in [6.07, 6.45) is 1.84. The van der Waals surface area contributed by atoms with Crippen molar-refractivity contribution in [3.63, 3.8) is 0 Å². The molecule has 0 saturated carbocycles. The predicted molar refractivity (Wildman–Crippen MR) is 201 cm³/mol. The van der Waals surface area contributed by atoms with Crippen LogP contribution in [-0.2, 0) is 21.9 Å². The van der Waals surface area contributed by atoms with E-state index in [4.69, 9.17) is 25.8 Å². The lowest BCUT2D eigenvalue weighted by Crippen LogP contribution is -2.29. The molecule has 1 aliphatic rings. The molecule has 1 saturated heterocycles. The number of carbonyl (C=O) groups excluding carboxylic acids is 2. The number of unbranched alkanes of at least 4 members (excludes halogenated alkanes) is 1. The summed E-state index contributed by atoms with van der Waals surface area (Å²) in [5.74, 6) is 0.0772. The first-order chi connectivity index (χ1) is 24.8. The fraction of sp³-hybridized carbons (Fsp3) is 0.231. The number of methoxy groups -OCH3 is 1. The fourth-order valence-electron chi connectivity index (χ4n) is 5.59. The number of ketones is 1. The number of amides is 1. The number of hydrogen-bond acceptors (Lipinski definition) is 10. The molecular formula is C39H36ClN3O6S2. The lowest BCUT2D eigenvalue weighted by atomic mass is 9.95. The first kappa shape index (κ1) is 36.0. The summed E-state index contributed by atoms with van der Waals surface area (Å²) in [5, 5.41) is 21.2. The van der Waals surface area contributed by atoms with Crippen LogP contribution in [0.5, 0.6) is 17.2 Å². The van der Waals surface area contributed by atoms with Crippen molar-refractivity contribution >= 4 is 57.3 Å². The van der Waals surface area contributed by atoms with Crippen molar-refractivity contribution in [3.05, 3.63) is 129 Å². The predicted octanol–water partition coefficient (Wildman–Crippen LogP) is 9.19. The van der Waals surface area contributed by atoms with Crippen LogP contribution in [0.4, 0.5) is 5.13 Å². The van der Waals surface area contributed by atoms with Gasteiger partial charge in [0.15, 0.2) is 15.8 Å². The second-order valence-electron chi connectivity index (χ2n) is 11.8.